The van der Waals surface area contributed by atoms with Gasteiger partial charge < -0.3 is 0 Å². The fourth-order valence-corrected chi connectivity index (χ4v) is 1.64. The second-order valence-corrected chi connectivity index (χ2v) is 4.22. The normalized spacial score (nSPS) is 10.2. The number of carbonyl (C=O) groups is 1. The average molecular weight is 263 g/mol. The Labute approximate surface area is 109 Å². The molecular weight excluding hydrogens is 252 g/mol. The monoisotopic (exact) mass is 262 g/mol. The van der Waals surface area contributed by atoms with Crippen molar-refractivity contribution in [3.8, 4) is 0 Å². The van der Waals surface area contributed by atoms with Crippen LogP contribution in [0.3, 0.4) is 0 Å². The number of rotatable bonds is 2. The smallest absolute Gasteiger partial charge is 0.276 e. The van der Waals surface area contributed by atoms with Gasteiger partial charge in [0.15, 0.2) is 0 Å². The number of nitrogens with zero attached hydrogens (tertiary/aromatic N) is 3. The van der Waals surface area contributed by atoms with E-state index in [0.717, 1.165) is 11.4 Å². The van der Waals surface area contributed by atoms with Gasteiger partial charge in [-0.15, -0.1) is 0 Å². The third-order valence-electron chi connectivity index (χ3n) is 2.16. The van der Waals surface area contributed by atoms with Gasteiger partial charge >= 0.3 is 0 Å². The average Bonchev–Trinajstić information content (AvgIpc) is 2.27. The van der Waals surface area contributed by atoms with E-state index in [0.29, 0.717) is 5.02 Å². The van der Waals surface area contributed by atoms with Gasteiger partial charge in [0.2, 0.25) is 5.95 Å². The second-order valence-electron chi connectivity index (χ2n) is 3.79. The Morgan fingerprint density at radius 1 is 1.22 bits per heavy atom. The molecule has 0 radical (unpaired) electrons. The van der Waals surface area contributed by atoms with Crippen molar-refractivity contribution in [2.45, 2.75) is 13.8 Å². The minimum atomic E-state index is -0.387. The summed E-state index contributed by atoms with van der Waals surface area (Å²) in [4.78, 5) is 24.0. The molecule has 6 heteroatoms. The van der Waals surface area contributed by atoms with E-state index in [1.807, 2.05) is 19.9 Å². The molecule has 2 aromatic heterocycles. The molecule has 0 saturated heterocycles. The number of pyridine rings is 1. The lowest BCUT2D eigenvalue weighted by molar-refractivity contribution is 0.102. The quantitative estimate of drug-likeness (QED) is 0.902. The molecule has 92 valence electrons. The molecule has 2 aromatic rings. The molecule has 0 spiro atoms. The number of hydrogen-bond acceptors (Lipinski definition) is 4. The fourth-order valence-electron chi connectivity index (χ4n) is 1.48. The SMILES string of the molecule is Cc1cc(C)nc(NC(=O)c2cc(Cl)ccn2)n1. The van der Waals surface area contributed by atoms with E-state index < -0.39 is 0 Å². The van der Waals surface area contributed by atoms with Crippen LogP contribution in [-0.4, -0.2) is 20.9 Å². The lowest BCUT2D eigenvalue weighted by atomic mass is 10.3. The first-order chi connectivity index (χ1) is 8.54. The molecule has 0 aromatic carbocycles. The van der Waals surface area contributed by atoms with Gasteiger partial charge in [0, 0.05) is 22.6 Å². The Kier molecular flexibility index (Phi) is 3.53. The summed E-state index contributed by atoms with van der Waals surface area (Å²) < 4.78 is 0. The molecule has 0 saturated carbocycles. The highest BCUT2D eigenvalue weighted by atomic mass is 35.5. The summed E-state index contributed by atoms with van der Waals surface area (Å²) in [6, 6.07) is 4.92. The number of amides is 1. The molecule has 0 aliphatic heterocycles. The van der Waals surface area contributed by atoms with Crippen LogP contribution in [-0.2, 0) is 0 Å². The van der Waals surface area contributed by atoms with E-state index in [9.17, 15) is 4.79 Å². The van der Waals surface area contributed by atoms with Crippen molar-refractivity contribution < 1.29 is 4.79 Å². The number of hydrogen-bond donors (Lipinski definition) is 1. The fraction of sp³-hybridized carbons (Fsp3) is 0.167. The number of halogens is 1. The molecule has 2 heterocycles. The molecule has 0 fully saturated rings. The van der Waals surface area contributed by atoms with Crippen LogP contribution in [0.1, 0.15) is 21.9 Å². The highest BCUT2D eigenvalue weighted by molar-refractivity contribution is 6.30. The van der Waals surface area contributed by atoms with Gasteiger partial charge in [-0.1, -0.05) is 11.6 Å². The molecule has 0 bridgehead atoms. The largest absolute Gasteiger partial charge is 0.289 e. The molecule has 0 aliphatic rings. The summed E-state index contributed by atoms with van der Waals surface area (Å²) in [5.41, 5.74) is 1.80. The van der Waals surface area contributed by atoms with E-state index in [-0.39, 0.29) is 17.5 Å². The highest BCUT2D eigenvalue weighted by Crippen LogP contribution is 2.10. The van der Waals surface area contributed by atoms with Crippen molar-refractivity contribution in [1.82, 2.24) is 15.0 Å². The molecule has 0 unspecified atom stereocenters. The predicted molar refractivity (Wildman–Crippen MR) is 68.7 cm³/mol. The van der Waals surface area contributed by atoms with Gasteiger partial charge in [-0.3, -0.25) is 15.1 Å². The zero-order valence-electron chi connectivity index (χ0n) is 9.94. The number of nitrogens with one attached hydrogen (secondary N) is 1. The van der Waals surface area contributed by atoms with Crippen molar-refractivity contribution in [2.75, 3.05) is 5.32 Å². The van der Waals surface area contributed by atoms with Crippen molar-refractivity contribution in [1.29, 1.82) is 0 Å². The minimum absolute atomic E-state index is 0.227. The third kappa shape index (κ3) is 3.01. The summed E-state index contributed by atoms with van der Waals surface area (Å²) in [7, 11) is 0. The summed E-state index contributed by atoms with van der Waals surface area (Å²) in [5, 5.41) is 3.04. The topological polar surface area (TPSA) is 67.8 Å². The zero-order valence-corrected chi connectivity index (χ0v) is 10.7. The Morgan fingerprint density at radius 2 is 1.89 bits per heavy atom. The Morgan fingerprint density at radius 3 is 2.50 bits per heavy atom. The Bertz CT molecular complexity index is 580. The van der Waals surface area contributed by atoms with E-state index in [4.69, 9.17) is 11.6 Å². The zero-order chi connectivity index (χ0) is 13.1. The number of carbonyl (C=O) groups excluding carboxylic acids is 1. The highest BCUT2D eigenvalue weighted by Gasteiger charge is 2.10. The molecule has 1 N–H and O–H groups in total. The molecule has 0 atom stereocenters. The molecule has 2 rings (SSSR count). The summed E-state index contributed by atoms with van der Waals surface area (Å²) >= 11 is 5.79. The number of aromatic nitrogens is 3. The Balaban J connectivity index is 2.21. The van der Waals surface area contributed by atoms with Crippen LogP contribution in [0.15, 0.2) is 24.4 Å². The summed E-state index contributed by atoms with van der Waals surface area (Å²) in [6.07, 6.45) is 1.47. The third-order valence-corrected chi connectivity index (χ3v) is 2.40. The maximum Gasteiger partial charge on any atom is 0.276 e. The maximum atomic E-state index is 11.9. The predicted octanol–water partition coefficient (Wildman–Crippen LogP) is 2.39. The number of aryl methyl sites for hydroxylation is 2. The standard InChI is InChI=1S/C12H11ClN4O/c1-7-5-8(2)16-12(15-7)17-11(18)10-6-9(13)3-4-14-10/h3-6H,1-2H3,(H,15,16,17,18). The van der Waals surface area contributed by atoms with Crippen molar-refractivity contribution >= 4 is 23.5 Å². The van der Waals surface area contributed by atoms with Crippen molar-refractivity contribution in [2.24, 2.45) is 0 Å². The van der Waals surface area contributed by atoms with Crippen LogP contribution in [0.25, 0.3) is 0 Å². The lowest BCUT2D eigenvalue weighted by Crippen LogP contribution is -2.16. The number of anilines is 1. The van der Waals surface area contributed by atoms with Gasteiger partial charge in [-0.25, -0.2) is 9.97 Å². The van der Waals surface area contributed by atoms with Crippen LogP contribution in [0.5, 0.6) is 0 Å². The van der Waals surface area contributed by atoms with Gasteiger partial charge in [-0.05, 0) is 32.0 Å². The van der Waals surface area contributed by atoms with Gasteiger partial charge in [0.1, 0.15) is 5.69 Å². The first-order valence-electron chi connectivity index (χ1n) is 5.30. The molecule has 1 amide bonds. The first-order valence-corrected chi connectivity index (χ1v) is 5.67. The molecule has 0 aliphatic carbocycles. The summed E-state index contributed by atoms with van der Waals surface area (Å²) in [6.45, 7) is 3.67. The maximum absolute atomic E-state index is 11.9. The van der Waals surface area contributed by atoms with E-state index in [1.54, 1.807) is 6.07 Å². The first kappa shape index (κ1) is 12.4. The van der Waals surface area contributed by atoms with Crippen LogP contribution in [0.4, 0.5) is 5.95 Å². The summed E-state index contributed by atoms with van der Waals surface area (Å²) in [5.74, 6) is -0.123. The van der Waals surface area contributed by atoms with Crippen LogP contribution >= 0.6 is 11.6 Å². The molecule has 5 nitrogen and oxygen atoms in total. The Hall–Kier alpha value is -2.01. The van der Waals surface area contributed by atoms with Crippen LogP contribution in [0, 0.1) is 13.8 Å². The van der Waals surface area contributed by atoms with Crippen LogP contribution in [0.2, 0.25) is 5.02 Å². The van der Waals surface area contributed by atoms with Gasteiger partial charge in [0.25, 0.3) is 5.91 Å². The van der Waals surface area contributed by atoms with Gasteiger partial charge in [0.05, 0.1) is 0 Å². The van der Waals surface area contributed by atoms with Crippen molar-refractivity contribution in [3.05, 3.63) is 46.5 Å². The van der Waals surface area contributed by atoms with Crippen molar-refractivity contribution in [3.63, 3.8) is 0 Å². The van der Waals surface area contributed by atoms with E-state index in [1.165, 1.54) is 12.3 Å². The van der Waals surface area contributed by atoms with Crippen LogP contribution < -0.4 is 5.32 Å². The van der Waals surface area contributed by atoms with Gasteiger partial charge in [-0.2, -0.15) is 0 Å². The second kappa shape index (κ2) is 5.10. The lowest BCUT2D eigenvalue weighted by Gasteiger charge is -2.05. The van der Waals surface area contributed by atoms with E-state index in [2.05, 4.69) is 20.3 Å². The molecule has 18 heavy (non-hydrogen) atoms. The minimum Gasteiger partial charge on any atom is -0.289 e. The van der Waals surface area contributed by atoms with E-state index >= 15 is 0 Å². The molecular formula is C12H11ClN4O.